The van der Waals surface area contributed by atoms with E-state index in [4.69, 9.17) is 18.2 Å². The lowest BCUT2D eigenvalue weighted by Crippen LogP contribution is -2.10. The van der Waals surface area contributed by atoms with Gasteiger partial charge in [-0.05, 0) is 5.41 Å². The van der Waals surface area contributed by atoms with Gasteiger partial charge in [-0.2, -0.15) is 0 Å². The van der Waals surface area contributed by atoms with Gasteiger partial charge in [-0.25, -0.2) is 4.85 Å². The quantitative estimate of drug-likeness (QED) is 0.545. The molecule has 0 heterocycles. The second kappa shape index (κ2) is 3.40. The average molecular weight is 194 g/mol. The predicted octanol–water partition coefficient (Wildman–Crippen LogP) is 4.19. The van der Waals surface area contributed by atoms with Gasteiger partial charge in [0.05, 0.1) is 6.57 Å². The van der Waals surface area contributed by atoms with Crippen molar-refractivity contribution in [3.63, 3.8) is 0 Å². The van der Waals surface area contributed by atoms with Crippen LogP contribution in [0.1, 0.15) is 26.3 Å². The van der Waals surface area contributed by atoms with E-state index < -0.39 is 0 Å². The molecule has 0 aliphatic heterocycles. The van der Waals surface area contributed by atoms with Crippen molar-refractivity contribution in [3.05, 3.63) is 40.2 Å². The first-order chi connectivity index (χ1) is 5.95. The molecule has 0 saturated carbocycles. The summed E-state index contributed by atoms with van der Waals surface area (Å²) in [5, 5.41) is 0.531. The van der Waals surface area contributed by atoms with Gasteiger partial charge in [-0.15, -0.1) is 0 Å². The fraction of sp³-hybridized carbons (Fsp3) is 0.364. The minimum Gasteiger partial charge on any atom is -0.237 e. The molecular weight excluding hydrogens is 182 g/mol. The van der Waals surface area contributed by atoms with Gasteiger partial charge in [0.2, 0.25) is 5.69 Å². The van der Waals surface area contributed by atoms with Gasteiger partial charge in [0.1, 0.15) is 0 Å². The maximum atomic E-state index is 6.93. The van der Waals surface area contributed by atoms with E-state index >= 15 is 0 Å². The van der Waals surface area contributed by atoms with E-state index in [2.05, 4.69) is 25.6 Å². The van der Waals surface area contributed by atoms with Gasteiger partial charge < -0.3 is 0 Å². The van der Waals surface area contributed by atoms with E-state index in [0.717, 1.165) is 5.56 Å². The van der Waals surface area contributed by atoms with Crippen LogP contribution in [0.3, 0.4) is 0 Å². The Morgan fingerprint density at radius 1 is 1.31 bits per heavy atom. The smallest absolute Gasteiger partial charge is 0.205 e. The summed E-state index contributed by atoms with van der Waals surface area (Å²) < 4.78 is 0. The second-order valence-electron chi connectivity index (χ2n) is 4.03. The van der Waals surface area contributed by atoms with E-state index in [9.17, 15) is 0 Å². The van der Waals surface area contributed by atoms with Crippen molar-refractivity contribution < 1.29 is 0 Å². The fourth-order valence-corrected chi connectivity index (χ4v) is 1.22. The Labute approximate surface area is 84.2 Å². The number of halogens is 1. The molecule has 2 heteroatoms. The lowest BCUT2D eigenvalue weighted by atomic mass is 9.87. The van der Waals surface area contributed by atoms with E-state index in [1.54, 1.807) is 6.07 Å². The molecule has 0 fully saturated rings. The van der Waals surface area contributed by atoms with Crippen LogP contribution in [0, 0.1) is 6.57 Å². The first kappa shape index (κ1) is 10.1. The van der Waals surface area contributed by atoms with Crippen LogP contribution in [-0.2, 0) is 5.41 Å². The molecule has 0 aromatic heterocycles. The van der Waals surface area contributed by atoms with Crippen LogP contribution < -0.4 is 0 Å². The minimum absolute atomic E-state index is 0.0734. The lowest BCUT2D eigenvalue weighted by molar-refractivity contribution is 0.590. The van der Waals surface area contributed by atoms with Crippen molar-refractivity contribution in [1.29, 1.82) is 0 Å². The normalized spacial score (nSPS) is 11.0. The summed E-state index contributed by atoms with van der Waals surface area (Å²) in [5.41, 5.74) is 1.75. The number of hydrogen-bond donors (Lipinski definition) is 0. The summed E-state index contributed by atoms with van der Waals surface area (Å²) in [6, 6.07) is 5.61. The molecule has 1 nitrogen and oxygen atoms in total. The average Bonchev–Trinajstić information content (AvgIpc) is 2.03. The highest BCUT2D eigenvalue weighted by molar-refractivity contribution is 6.33. The summed E-state index contributed by atoms with van der Waals surface area (Å²) in [5.74, 6) is 0. The Hall–Kier alpha value is -1.00. The molecule has 0 saturated heterocycles. The molecule has 1 aromatic rings. The maximum Gasteiger partial charge on any atom is 0.205 e. The molecule has 0 bridgehead atoms. The Morgan fingerprint density at radius 2 is 1.92 bits per heavy atom. The third kappa shape index (κ3) is 2.23. The predicted molar refractivity (Wildman–Crippen MR) is 56.4 cm³/mol. The van der Waals surface area contributed by atoms with Gasteiger partial charge >= 0.3 is 0 Å². The monoisotopic (exact) mass is 193 g/mol. The molecule has 0 amide bonds. The van der Waals surface area contributed by atoms with E-state index in [0.29, 0.717) is 10.7 Å². The summed E-state index contributed by atoms with van der Waals surface area (Å²) in [7, 11) is 0. The van der Waals surface area contributed by atoms with Crippen LogP contribution in [0.25, 0.3) is 4.85 Å². The maximum absolute atomic E-state index is 6.93. The minimum atomic E-state index is 0.0734. The first-order valence-corrected chi connectivity index (χ1v) is 4.50. The molecule has 0 N–H and O–H groups in total. The van der Waals surface area contributed by atoms with Crippen molar-refractivity contribution in [1.82, 2.24) is 0 Å². The zero-order valence-electron chi connectivity index (χ0n) is 8.06. The van der Waals surface area contributed by atoms with Crippen molar-refractivity contribution >= 4 is 17.3 Å². The topological polar surface area (TPSA) is 4.36 Å². The lowest BCUT2D eigenvalue weighted by Gasteiger charge is -2.19. The van der Waals surface area contributed by atoms with Crippen molar-refractivity contribution in [3.8, 4) is 0 Å². The van der Waals surface area contributed by atoms with Crippen molar-refractivity contribution in [2.24, 2.45) is 0 Å². The summed E-state index contributed by atoms with van der Waals surface area (Å²) in [6.45, 7) is 13.3. The molecule has 0 aliphatic carbocycles. The molecule has 0 aliphatic rings. The number of benzene rings is 1. The zero-order chi connectivity index (χ0) is 10.1. The van der Waals surface area contributed by atoms with Crippen molar-refractivity contribution in [2.45, 2.75) is 26.2 Å². The molecule has 1 aromatic carbocycles. The SMILES string of the molecule is [C-]#[N+]c1cc(C(C)(C)C)ccc1Cl. The molecule has 1 rings (SSSR count). The van der Waals surface area contributed by atoms with Gasteiger partial charge in [0.25, 0.3) is 0 Å². The Kier molecular flexibility index (Phi) is 2.63. The Bertz CT molecular complexity index is 355. The van der Waals surface area contributed by atoms with Crippen LogP contribution in [0.15, 0.2) is 18.2 Å². The molecular formula is C11H12ClN. The summed E-state index contributed by atoms with van der Waals surface area (Å²) in [6.07, 6.45) is 0. The molecule has 13 heavy (non-hydrogen) atoms. The zero-order valence-corrected chi connectivity index (χ0v) is 8.81. The van der Waals surface area contributed by atoms with Crippen LogP contribution in [0.2, 0.25) is 5.02 Å². The summed E-state index contributed by atoms with van der Waals surface area (Å²) in [4.78, 5) is 3.36. The largest absolute Gasteiger partial charge is 0.237 e. The molecule has 0 atom stereocenters. The standard InChI is InChI=1S/C11H12ClN/c1-11(2,3)8-5-6-9(12)10(7-8)13-4/h5-7H,1-3H3. The number of hydrogen-bond acceptors (Lipinski definition) is 0. The second-order valence-corrected chi connectivity index (χ2v) is 4.44. The third-order valence-electron chi connectivity index (χ3n) is 1.93. The van der Waals surface area contributed by atoms with Gasteiger partial charge in [0.15, 0.2) is 0 Å². The Balaban J connectivity index is 3.24. The molecule has 0 radical (unpaired) electrons. The van der Waals surface area contributed by atoms with E-state index in [-0.39, 0.29) is 5.41 Å². The fourth-order valence-electron chi connectivity index (χ4n) is 1.06. The van der Waals surface area contributed by atoms with E-state index in [1.165, 1.54) is 0 Å². The van der Waals surface area contributed by atoms with Crippen molar-refractivity contribution in [2.75, 3.05) is 0 Å². The highest BCUT2D eigenvalue weighted by Gasteiger charge is 2.14. The molecule has 0 unspecified atom stereocenters. The van der Waals surface area contributed by atoms with Gasteiger partial charge in [-0.1, -0.05) is 56.1 Å². The van der Waals surface area contributed by atoms with Crippen LogP contribution >= 0.6 is 11.6 Å². The van der Waals surface area contributed by atoms with Gasteiger partial charge in [-0.3, -0.25) is 0 Å². The summed E-state index contributed by atoms with van der Waals surface area (Å²) >= 11 is 5.83. The van der Waals surface area contributed by atoms with Crippen LogP contribution in [-0.4, -0.2) is 0 Å². The van der Waals surface area contributed by atoms with E-state index in [1.807, 2.05) is 12.1 Å². The van der Waals surface area contributed by atoms with Gasteiger partial charge in [0, 0.05) is 5.02 Å². The molecule has 68 valence electrons. The third-order valence-corrected chi connectivity index (χ3v) is 2.25. The highest BCUT2D eigenvalue weighted by Crippen LogP contribution is 2.31. The molecule has 0 spiro atoms. The highest BCUT2D eigenvalue weighted by atomic mass is 35.5. The van der Waals surface area contributed by atoms with Crippen LogP contribution in [0.5, 0.6) is 0 Å². The van der Waals surface area contributed by atoms with Crippen LogP contribution in [0.4, 0.5) is 5.69 Å². The Morgan fingerprint density at radius 3 is 2.38 bits per heavy atom. The first-order valence-electron chi connectivity index (χ1n) is 4.12. The number of nitrogens with zero attached hydrogens (tertiary/aromatic N) is 1. The number of rotatable bonds is 0.